The van der Waals surface area contributed by atoms with Crippen molar-refractivity contribution in [2.75, 3.05) is 25.1 Å². The van der Waals surface area contributed by atoms with Crippen LogP contribution in [0, 0.1) is 0 Å². The Morgan fingerprint density at radius 1 is 1.38 bits per heavy atom. The van der Waals surface area contributed by atoms with Gasteiger partial charge in [0.15, 0.2) is 5.82 Å². The Balaban J connectivity index is 2.67. The van der Waals surface area contributed by atoms with Crippen LogP contribution in [0.4, 0.5) is 5.82 Å². The second-order valence-corrected chi connectivity index (χ2v) is 2.88. The second kappa shape index (κ2) is 4.77. The van der Waals surface area contributed by atoms with Crippen molar-refractivity contribution in [3.05, 3.63) is 17.8 Å². The van der Waals surface area contributed by atoms with Gasteiger partial charge in [-0.1, -0.05) is 6.92 Å². The summed E-state index contributed by atoms with van der Waals surface area (Å²) in [5.41, 5.74) is 0.987. The molecule has 1 heterocycles. The minimum Gasteiger partial charge on any atom is -0.395 e. The first-order valence-electron chi connectivity index (χ1n) is 4.42. The summed E-state index contributed by atoms with van der Waals surface area (Å²) in [7, 11) is 1.88. The first kappa shape index (κ1) is 9.92. The van der Waals surface area contributed by atoms with Gasteiger partial charge in [0.05, 0.1) is 12.3 Å². The van der Waals surface area contributed by atoms with Crippen LogP contribution < -0.4 is 4.90 Å². The lowest BCUT2D eigenvalue weighted by Crippen LogP contribution is -2.22. The summed E-state index contributed by atoms with van der Waals surface area (Å²) in [6.45, 7) is 2.76. The van der Waals surface area contributed by atoms with Crippen LogP contribution in [0.25, 0.3) is 0 Å². The van der Waals surface area contributed by atoms with E-state index in [1.165, 1.54) is 0 Å². The van der Waals surface area contributed by atoms with Gasteiger partial charge in [0.1, 0.15) is 0 Å². The zero-order valence-corrected chi connectivity index (χ0v) is 8.06. The maximum absolute atomic E-state index is 8.71. The fourth-order valence-corrected chi connectivity index (χ4v) is 1.01. The fourth-order valence-electron chi connectivity index (χ4n) is 1.01. The van der Waals surface area contributed by atoms with Gasteiger partial charge in [-0.15, -0.1) is 5.10 Å². The van der Waals surface area contributed by atoms with E-state index in [4.69, 9.17) is 5.11 Å². The number of aromatic nitrogens is 2. The van der Waals surface area contributed by atoms with Crippen LogP contribution in [0.5, 0.6) is 0 Å². The van der Waals surface area contributed by atoms with Crippen molar-refractivity contribution in [2.24, 2.45) is 0 Å². The van der Waals surface area contributed by atoms with E-state index in [2.05, 4.69) is 10.2 Å². The maximum Gasteiger partial charge on any atom is 0.151 e. The highest BCUT2D eigenvalue weighted by molar-refractivity contribution is 5.35. The number of hydrogen-bond acceptors (Lipinski definition) is 4. The molecule has 1 rings (SSSR count). The Labute approximate surface area is 78.2 Å². The third kappa shape index (κ3) is 2.66. The lowest BCUT2D eigenvalue weighted by Gasteiger charge is -2.15. The number of aliphatic hydroxyl groups is 1. The molecule has 72 valence electrons. The number of rotatable bonds is 4. The zero-order valence-electron chi connectivity index (χ0n) is 8.06. The Hall–Kier alpha value is -1.16. The molecular weight excluding hydrogens is 166 g/mol. The van der Waals surface area contributed by atoms with Crippen LogP contribution in [0.1, 0.15) is 12.6 Å². The number of aliphatic hydroxyl groups excluding tert-OH is 1. The van der Waals surface area contributed by atoms with E-state index < -0.39 is 0 Å². The standard InChI is InChI=1S/C9H15N3O/c1-3-8-4-5-9(11-10-8)12(2)6-7-13/h4-5,13H,3,6-7H2,1-2H3. The second-order valence-electron chi connectivity index (χ2n) is 2.88. The summed E-state index contributed by atoms with van der Waals surface area (Å²) in [6.07, 6.45) is 0.900. The van der Waals surface area contributed by atoms with Crippen molar-refractivity contribution in [2.45, 2.75) is 13.3 Å². The first-order valence-corrected chi connectivity index (χ1v) is 4.42. The average Bonchev–Trinajstić information content (AvgIpc) is 2.18. The number of nitrogens with zero attached hydrogens (tertiary/aromatic N) is 3. The molecule has 13 heavy (non-hydrogen) atoms. The van der Waals surface area contributed by atoms with Crippen molar-refractivity contribution < 1.29 is 5.11 Å². The van der Waals surface area contributed by atoms with E-state index in [9.17, 15) is 0 Å². The van der Waals surface area contributed by atoms with Crippen LogP contribution in [-0.4, -0.2) is 35.5 Å². The molecular formula is C9H15N3O. The summed E-state index contributed by atoms with van der Waals surface area (Å²) in [5.74, 6) is 0.797. The molecule has 0 bridgehead atoms. The predicted molar refractivity (Wildman–Crippen MR) is 51.8 cm³/mol. The van der Waals surface area contributed by atoms with E-state index in [1.807, 2.05) is 31.0 Å². The van der Waals surface area contributed by atoms with E-state index in [0.717, 1.165) is 17.9 Å². The summed E-state index contributed by atoms with van der Waals surface area (Å²) in [4.78, 5) is 1.87. The van der Waals surface area contributed by atoms with E-state index in [-0.39, 0.29) is 6.61 Å². The number of aryl methyl sites for hydroxylation is 1. The first-order chi connectivity index (χ1) is 6.27. The van der Waals surface area contributed by atoms with Crippen LogP contribution in [-0.2, 0) is 6.42 Å². The monoisotopic (exact) mass is 181 g/mol. The van der Waals surface area contributed by atoms with Gasteiger partial charge in [0, 0.05) is 13.6 Å². The van der Waals surface area contributed by atoms with Gasteiger partial charge in [-0.25, -0.2) is 0 Å². The Bertz CT molecular complexity index is 248. The fraction of sp³-hybridized carbons (Fsp3) is 0.556. The third-order valence-corrected chi connectivity index (χ3v) is 1.89. The van der Waals surface area contributed by atoms with Gasteiger partial charge in [0.25, 0.3) is 0 Å². The zero-order chi connectivity index (χ0) is 9.68. The summed E-state index contributed by atoms with van der Waals surface area (Å²) in [5, 5.41) is 16.8. The Morgan fingerprint density at radius 2 is 2.15 bits per heavy atom. The van der Waals surface area contributed by atoms with Gasteiger partial charge in [-0.2, -0.15) is 5.10 Å². The van der Waals surface area contributed by atoms with Crippen LogP contribution in [0.15, 0.2) is 12.1 Å². The van der Waals surface area contributed by atoms with Crippen molar-refractivity contribution in [3.63, 3.8) is 0 Å². The van der Waals surface area contributed by atoms with Gasteiger partial charge < -0.3 is 10.0 Å². The van der Waals surface area contributed by atoms with Gasteiger partial charge in [0.2, 0.25) is 0 Å². The molecule has 0 aliphatic heterocycles. The molecule has 0 saturated carbocycles. The topological polar surface area (TPSA) is 49.2 Å². The molecule has 4 heteroatoms. The lowest BCUT2D eigenvalue weighted by atomic mass is 10.3. The van der Waals surface area contributed by atoms with Gasteiger partial charge >= 0.3 is 0 Å². The smallest absolute Gasteiger partial charge is 0.151 e. The normalized spacial score (nSPS) is 10.1. The summed E-state index contributed by atoms with van der Waals surface area (Å²) < 4.78 is 0. The molecule has 0 amide bonds. The van der Waals surface area contributed by atoms with E-state index in [1.54, 1.807) is 0 Å². The van der Waals surface area contributed by atoms with Gasteiger partial charge in [-0.3, -0.25) is 0 Å². The Kier molecular flexibility index (Phi) is 3.64. The quantitative estimate of drug-likeness (QED) is 0.733. The van der Waals surface area contributed by atoms with Crippen LogP contribution >= 0.6 is 0 Å². The number of anilines is 1. The molecule has 0 fully saturated rings. The van der Waals surface area contributed by atoms with Gasteiger partial charge in [-0.05, 0) is 18.6 Å². The molecule has 0 radical (unpaired) electrons. The van der Waals surface area contributed by atoms with E-state index >= 15 is 0 Å². The van der Waals surface area contributed by atoms with E-state index in [0.29, 0.717) is 6.54 Å². The molecule has 0 saturated heterocycles. The number of likely N-dealkylation sites (N-methyl/N-ethyl adjacent to an activating group) is 1. The summed E-state index contributed by atoms with van der Waals surface area (Å²) >= 11 is 0. The lowest BCUT2D eigenvalue weighted by molar-refractivity contribution is 0.303. The van der Waals surface area contributed by atoms with Crippen LogP contribution in [0.3, 0.4) is 0 Å². The minimum atomic E-state index is 0.133. The van der Waals surface area contributed by atoms with Crippen molar-refractivity contribution >= 4 is 5.82 Å². The molecule has 1 aromatic rings. The average molecular weight is 181 g/mol. The maximum atomic E-state index is 8.71. The largest absolute Gasteiger partial charge is 0.395 e. The molecule has 4 nitrogen and oxygen atoms in total. The third-order valence-electron chi connectivity index (χ3n) is 1.89. The van der Waals surface area contributed by atoms with Crippen LogP contribution in [0.2, 0.25) is 0 Å². The Morgan fingerprint density at radius 3 is 2.62 bits per heavy atom. The molecule has 0 unspecified atom stereocenters. The van der Waals surface area contributed by atoms with Crippen molar-refractivity contribution in [1.82, 2.24) is 10.2 Å². The van der Waals surface area contributed by atoms with Crippen molar-refractivity contribution in [1.29, 1.82) is 0 Å². The molecule has 0 aliphatic rings. The summed E-state index contributed by atoms with van der Waals surface area (Å²) in [6, 6.07) is 3.87. The molecule has 1 aromatic heterocycles. The minimum absolute atomic E-state index is 0.133. The number of hydrogen-bond donors (Lipinski definition) is 1. The molecule has 0 atom stereocenters. The molecule has 1 N–H and O–H groups in total. The highest BCUT2D eigenvalue weighted by atomic mass is 16.3. The molecule has 0 aliphatic carbocycles. The molecule has 0 spiro atoms. The highest BCUT2D eigenvalue weighted by Gasteiger charge is 2.01. The predicted octanol–water partition coefficient (Wildman–Crippen LogP) is 0.467. The highest BCUT2D eigenvalue weighted by Crippen LogP contribution is 2.06. The SMILES string of the molecule is CCc1ccc(N(C)CCO)nn1. The molecule has 0 aromatic carbocycles. The van der Waals surface area contributed by atoms with Crippen molar-refractivity contribution in [3.8, 4) is 0 Å².